The van der Waals surface area contributed by atoms with E-state index < -0.39 is 16.1 Å². The quantitative estimate of drug-likeness (QED) is 0.753. The van der Waals surface area contributed by atoms with Gasteiger partial charge in [0.15, 0.2) is 0 Å². The van der Waals surface area contributed by atoms with Crippen LogP contribution in [0.15, 0.2) is 42.5 Å². The van der Waals surface area contributed by atoms with Crippen LogP contribution in [0.1, 0.15) is 22.7 Å². The van der Waals surface area contributed by atoms with E-state index in [9.17, 15) is 8.42 Å². The van der Waals surface area contributed by atoms with Gasteiger partial charge < -0.3 is 9.47 Å². The van der Waals surface area contributed by atoms with Gasteiger partial charge in [-0.05, 0) is 47.4 Å². The molecular formula is C19H22ClNO4S. The van der Waals surface area contributed by atoms with Gasteiger partial charge in [0.25, 0.3) is 0 Å². The second-order valence-corrected chi connectivity index (χ2v) is 8.67. The van der Waals surface area contributed by atoms with Gasteiger partial charge in [-0.2, -0.15) is 4.31 Å². The Kier molecular flexibility index (Phi) is 5.87. The maximum Gasteiger partial charge on any atom is 0.217 e. The normalized spacial score (nSPS) is 17.7. The van der Waals surface area contributed by atoms with Crippen molar-refractivity contribution in [3.05, 3.63) is 64.2 Å². The predicted octanol–water partition coefficient (Wildman–Crippen LogP) is 3.27. The molecule has 1 heterocycles. The number of hydrogen-bond acceptors (Lipinski definition) is 4. The Morgan fingerprint density at radius 3 is 2.69 bits per heavy atom. The van der Waals surface area contributed by atoms with Gasteiger partial charge in [-0.1, -0.05) is 29.8 Å². The molecule has 0 spiro atoms. The van der Waals surface area contributed by atoms with E-state index >= 15 is 0 Å². The van der Waals surface area contributed by atoms with Crippen molar-refractivity contribution in [3.63, 3.8) is 0 Å². The van der Waals surface area contributed by atoms with Crippen LogP contribution in [0.4, 0.5) is 0 Å². The van der Waals surface area contributed by atoms with E-state index in [4.69, 9.17) is 21.1 Å². The standard InChI is InChI=1S/C19H22ClNO4S/c1-24-10-11-26(22,23)21-9-8-14-6-7-17(25-2)13-18(14)19(21)15-4-3-5-16(20)12-15/h3-7,12-13,19H,8-11H2,1-2H3. The van der Waals surface area contributed by atoms with Crippen molar-refractivity contribution in [1.29, 1.82) is 0 Å². The van der Waals surface area contributed by atoms with Crippen LogP contribution in [-0.2, 0) is 21.2 Å². The second-order valence-electron chi connectivity index (χ2n) is 6.19. The molecule has 0 fully saturated rings. The molecule has 26 heavy (non-hydrogen) atoms. The molecule has 0 aromatic heterocycles. The van der Waals surface area contributed by atoms with E-state index in [2.05, 4.69) is 0 Å². The Morgan fingerprint density at radius 2 is 2.00 bits per heavy atom. The molecule has 3 rings (SSSR count). The molecule has 0 saturated carbocycles. The monoisotopic (exact) mass is 395 g/mol. The fourth-order valence-corrected chi connectivity index (χ4v) is 5.06. The van der Waals surface area contributed by atoms with Crippen molar-refractivity contribution in [1.82, 2.24) is 4.31 Å². The summed E-state index contributed by atoms with van der Waals surface area (Å²) >= 11 is 6.18. The zero-order valence-electron chi connectivity index (χ0n) is 14.8. The summed E-state index contributed by atoms with van der Waals surface area (Å²) in [6.45, 7) is 0.578. The average Bonchev–Trinajstić information content (AvgIpc) is 2.64. The molecule has 2 aromatic carbocycles. The molecule has 5 nitrogen and oxygen atoms in total. The Morgan fingerprint density at radius 1 is 1.19 bits per heavy atom. The Labute approximate surface area is 159 Å². The van der Waals surface area contributed by atoms with Crippen molar-refractivity contribution in [2.75, 3.05) is 33.1 Å². The molecule has 7 heteroatoms. The third-order valence-corrected chi connectivity index (χ3v) is 6.63. The topological polar surface area (TPSA) is 55.8 Å². The smallest absolute Gasteiger partial charge is 0.217 e. The second kappa shape index (κ2) is 7.96. The number of hydrogen-bond donors (Lipinski definition) is 0. The third-order valence-electron chi connectivity index (χ3n) is 4.60. The summed E-state index contributed by atoms with van der Waals surface area (Å²) in [5.41, 5.74) is 2.89. The molecule has 0 saturated heterocycles. The summed E-state index contributed by atoms with van der Waals surface area (Å²) in [4.78, 5) is 0. The summed E-state index contributed by atoms with van der Waals surface area (Å²) in [6.07, 6.45) is 0.655. The van der Waals surface area contributed by atoms with Crippen LogP contribution < -0.4 is 4.74 Å². The molecule has 1 unspecified atom stereocenters. The van der Waals surface area contributed by atoms with Crippen LogP contribution in [0.25, 0.3) is 0 Å². The van der Waals surface area contributed by atoms with Crippen LogP contribution >= 0.6 is 11.6 Å². The number of halogens is 1. The Bertz CT molecular complexity index is 885. The van der Waals surface area contributed by atoms with E-state index in [-0.39, 0.29) is 12.4 Å². The third kappa shape index (κ3) is 3.88. The zero-order chi connectivity index (χ0) is 18.7. The highest BCUT2D eigenvalue weighted by molar-refractivity contribution is 7.89. The minimum atomic E-state index is -3.49. The van der Waals surface area contributed by atoms with Gasteiger partial charge in [-0.25, -0.2) is 8.42 Å². The van der Waals surface area contributed by atoms with Crippen LogP contribution in [0.5, 0.6) is 5.75 Å². The van der Waals surface area contributed by atoms with Gasteiger partial charge in [0.05, 0.1) is 25.5 Å². The molecule has 0 amide bonds. The fraction of sp³-hybridized carbons (Fsp3) is 0.368. The first-order valence-corrected chi connectivity index (χ1v) is 10.4. The number of sulfonamides is 1. The minimum Gasteiger partial charge on any atom is -0.497 e. The summed E-state index contributed by atoms with van der Waals surface area (Å²) in [6, 6.07) is 12.7. The van der Waals surface area contributed by atoms with Crippen LogP contribution in [0.3, 0.4) is 0 Å². The summed E-state index contributed by atoms with van der Waals surface area (Å²) in [5, 5.41) is 0.576. The maximum atomic E-state index is 13.0. The number of nitrogens with zero attached hydrogens (tertiary/aromatic N) is 1. The largest absolute Gasteiger partial charge is 0.497 e. The highest BCUT2D eigenvalue weighted by Crippen LogP contribution is 2.39. The lowest BCUT2D eigenvalue weighted by molar-refractivity contribution is 0.214. The maximum absolute atomic E-state index is 13.0. The Hall–Kier alpha value is -1.60. The molecule has 1 aliphatic rings. The molecular weight excluding hydrogens is 374 g/mol. The molecule has 0 aliphatic carbocycles. The highest BCUT2D eigenvalue weighted by Gasteiger charge is 2.36. The minimum absolute atomic E-state index is 0.0557. The lowest BCUT2D eigenvalue weighted by atomic mass is 9.89. The number of methoxy groups -OCH3 is 2. The van der Waals surface area contributed by atoms with Gasteiger partial charge in [0.2, 0.25) is 10.0 Å². The lowest BCUT2D eigenvalue weighted by Gasteiger charge is -2.37. The first kappa shape index (κ1) is 19.2. The van der Waals surface area contributed by atoms with Crippen molar-refractivity contribution in [2.24, 2.45) is 0 Å². The number of fused-ring (bicyclic) bond motifs is 1. The molecule has 0 bridgehead atoms. The van der Waals surface area contributed by atoms with E-state index in [0.717, 1.165) is 16.7 Å². The van der Waals surface area contributed by atoms with Crippen LogP contribution in [0.2, 0.25) is 5.02 Å². The van der Waals surface area contributed by atoms with E-state index in [1.165, 1.54) is 7.11 Å². The molecule has 0 N–H and O–H groups in total. The first-order chi connectivity index (χ1) is 12.5. The molecule has 140 valence electrons. The van der Waals surface area contributed by atoms with E-state index in [1.807, 2.05) is 36.4 Å². The SMILES string of the molecule is COCCS(=O)(=O)N1CCc2ccc(OC)cc2C1c1cccc(Cl)c1. The van der Waals surface area contributed by atoms with Gasteiger partial charge >= 0.3 is 0 Å². The Balaban J connectivity index is 2.13. The number of rotatable bonds is 6. The van der Waals surface area contributed by atoms with Crippen molar-refractivity contribution in [3.8, 4) is 5.75 Å². The van der Waals surface area contributed by atoms with Gasteiger partial charge in [-0.15, -0.1) is 0 Å². The summed E-state index contributed by atoms with van der Waals surface area (Å²) in [5.74, 6) is 0.645. The van der Waals surface area contributed by atoms with Crippen LogP contribution in [0, 0.1) is 0 Å². The lowest BCUT2D eigenvalue weighted by Crippen LogP contribution is -2.42. The zero-order valence-corrected chi connectivity index (χ0v) is 16.4. The first-order valence-electron chi connectivity index (χ1n) is 8.37. The fourth-order valence-electron chi connectivity index (χ4n) is 3.33. The predicted molar refractivity (Wildman–Crippen MR) is 102 cm³/mol. The van der Waals surface area contributed by atoms with Gasteiger partial charge in [0, 0.05) is 18.7 Å². The van der Waals surface area contributed by atoms with Crippen molar-refractivity contribution >= 4 is 21.6 Å². The summed E-state index contributed by atoms with van der Waals surface area (Å²) in [7, 11) is -0.390. The number of benzene rings is 2. The van der Waals surface area contributed by atoms with Crippen LogP contribution in [-0.4, -0.2) is 45.8 Å². The molecule has 0 radical (unpaired) electrons. The molecule has 2 aromatic rings. The average molecular weight is 396 g/mol. The van der Waals surface area contributed by atoms with Gasteiger partial charge in [-0.3, -0.25) is 0 Å². The summed E-state index contributed by atoms with van der Waals surface area (Å²) < 4.78 is 37.8. The molecule has 1 aliphatic heterocycles. The highest BCUT2D eigenvalue weighted by atomic mass is 35.5. The van der Waals surface area contributed by atoms with Crippen molar-refractivity contribution in [2.45, 2.75) is 12.5 Å². The van der Waals surface area contributed by atoms with E-state index in [0.29, 0.717) is 23.7 Å². The molecule has 1 atom stereocenters. The number of ether oxygens (including phenoxy) is 2. The van der Waals surface area contributed by atoms with Crippen molar-refractivity contribution < 1.29 is 17.9 Å². The van der Waals surface area contributed by atoms with Gasteiger partial charge in [0.1, 0.15) is 5.75 Å². The van der Waals surface area contributed by atoms with E-state index in [1.54, 1.807) is 17.5 Å².